The predicted molar refractivity (Wildman–Crippen MR) is 61.5 cm³/mol. The van der Waals surface area contributed by atoms with Crippen LogP contribution in [-0.2, 0) is 16.0 Å². The molecule has 0 heterocycles. The molecule has 5 heteroatoms. The van der Waals surface area contributed by atoms with Gasteiger partial charge in [0.05, 0.1) is 28.6 Å². The highest BCUT2D eigenvalue weighted by molar-refractivity contribution is 6.43. The van der Waals surface area contributed by atoms with Gasteiger partial charge in [-0.1, -0.05) is 29.3 Å². The van der Waals surface area contributed by atoms with Gasteiger partial charge >= 0.3 is 5.97 Å². The second-order valence-electron chi connectivity index (χ2n) is 2.99. The summed E-state index contributed by atoms with van der Waals surface area (Å²) in [6.45, 7) is 2.05. The Labute approximate surface area is 104 Å². The van der Waals surface area contributed by atoms with Crippen molar-refractivity contribution in [3.8, 4) is 6.07 Å². The van der Waals surface area contributed by atoms with Crippen molar-refractivity contribution in [1.82, 2.24) is 0 Å². The molecule has 0 aromatic heterocycles. The molecule has 0 saturated heterocycles. The van der Waals surface area contributed by atoms with Crippen LogP contribution in [-0.4, -0.2) is 12.6 Å². The zero-order chi connectivity index (χ0) is 12.1. The van der Waals surface area contributed by atoms with Crippen LogP contribution in [0.4, 0.5) is 0 Å². The van der Waals surface area contributed by atoms with E-state index in [0.717, 1.165) is 0 Å². The fourth-order valence-corrected chi connectivity index (χ4v) is 1.64. The van der Waals surface area contributed by atoms with Crippen LogP contribution in [0.25, 0.3) is 0 Å². The maximum absolute atomic E-state index is 11.2. The number of halogens is 2. The lowest BCUT2D eigenvalue weighted by molar-refractivity contribution is -0.142. The van der Waals surface area contributed by atoms with Gasteiger partial charge < -0.3 is 4.74 Å². The standard InChI is InChI=1S/C11H9Cl2NO2/c1-2-16-9(15)5-7-3-4-8(6-14)11(13)10(7)12/h3-4H,2,5H2,1H3. The summed E-state index contributed by atoms with van der Waals surface area (Å²) in [7, 11) is 0. The van der Waals surface area contributed by atoms with E-state index in [1.165, 1.54) is 6.07 Å². The quantitative estimate of drug-likeness (QED) is 0.783. The molecule has 0 aliphatic rings. The minimum Gasteiger partial charge on any atom is -0.466 e. The zero-order valence-corrected chi connectivity index (χ0v) is 10.1. The normalized spacial score (nSPS) is 9.62. The van der Waals surface area contributed by atoms with E-state index in [9.17, 15) is 4.79 Å². The number of ether oxygens (including phenoxy) is 1. The van der Waals surface area contributed by atoms with Crippen LogP contribution in [0.1, 0.15) is 18.1 Å². The molecule has 84 valence electrons. The van der Waals surface area contributed by atoms with Crippen LogP contribution >= 0.6 is 23.2 Å². The Morgan fingerprint density at radius 3 is 2.69 bits per heavy atom. The van der Waals surface area contributed by atoms with Gasteiger partial charge in [0.15, 0.2) is 0 Å². The molecule has 0 aliphatic heterocycles. The molecular weight excluding hydrogens is 249 g/mol. The highest BCUT2D eigenvalue weighted by Gasteiger charge is 2.13. The van der Waals surface area contributed by atoms with Gasteiger partial charge in [0.1, 0.15) is 6.07 Å². The number of nitriles is 1. The largest absolute Gasteiger partial charge is 0.466 e. The molecule has 0 unspecified atom stereocenters. The summed E-state index contributed by atoms with van der Waals surface area (Å²) >= 11 is 11.8. The van der Waals surface area contributed by atoms with Crippen molar-refractivity contribution in [2.75, 3.05) is 6.61 Å². The van der Waals surface area contributed by atoms with Gasteiger partial charge in [0.25, 0.3) is 0 Å². The lowest BCUT2D eigenvalue weighted by Gasteiger charge is -2.06. The van der Waals surface area contributed by atoms with Crippen molar-refractivity contribution in [2.45, 2.75) is 13.3 Å². The molecule has 0 amide bonds. The van der Waals surface area contributed by atoms with E-state index in [-0.39, 0.29) is 22.4 Å². The molecule has 0 aliphatic carbocycles. The van der Waals surface area contributed by atoms with E-state index in [0.29, 0.717) is 17.7 Å². The maximum Gasteiger partial charge on any atom is 0.310 e. The number of hydrogen-bond acceptors (Lipinski definition) is 3. The molecule has 1 aromatic rings. The summed E-state index contributed by atoms with van der Waals surface area (Å²) in [4.78, 5) is 11.2. The van der Waals surface area contributed by atoms with E-state index in [2.05, 4.69) is 0 Å². The first-order valence-corrected chi connectivity index (χ1v) is 5.38. The van der Waals surface area contributed by atoms with Crippen molar-refractivity contribution in [2.24, 2.45) is 0 Å². The monoisotopic (exact) mass is 257 g/mol. The Hall–Kier alpha value is -1.24. The minimum absolute atomic E-state index is 0.0537. The number of benzene rings is 1. The van der Waals surface area contributed by atoms with E-state index >= 15 is 0 Å². The number of carbonyl (C=O) groups excluding carboxylic acids is 1. The van der Waals surface area contributed by atoms with E-state index < -0.39 is 0 Å². The van der Waals surface area contributed by atoms with E-state index in [4.69, 9.17) is 33.2 Å². The fourth-order valence-electron chi connectivity index (χ4n) is 1.18. The number of hydrogen-bond donors (Lipinski definition) is 0. The van der Waals surface area contributed by atoms with Gasteiger partial charge in [-0.2, -0.15) is 5.26 Å². The highest BCUT2D eigenvalue weighted by Crippen LogP contribution is 2.29. The summed E-state index contributed by atoms with van der Waals surface area (Å²) < 4.78 is 4.79. The summed E-state index contributed by atoms with van der Waals surface area (Å²) in [5.41, 5.74) is 0.850. The Morgan fingerprint density at radius 1 is 1.44 bits per heavy atom. The third-order valence-corrected chi connectivity index (χ3v) is 2.84. The zero-order valence-electron chi connectivity index (χ0n) is 8.59. The van der Waals surface area contributed by atoms with Crippen LogP contribution in [0.2, 0.25) is 10.0 Å². The van der Waals surface area contributed by atoms with Crippen molar-refractivity contribution < 1.29 is 9.53 Å². The topological polar surface area (TPSA) is 50.1 Å². The summed E-state index contributed by atoms with van der Waals surface area (Å²) in [5, 5.41) is 9.12. The van der Waals surface area contributed by atoms with Crippen LogP contribution in [0, 0.1) is 11.3 Å². The van der Waals surface area contributed by atoms with Crippen molar-refractivity contribution in [1.29, 1.82) is 5.26 Å². The first-order valence-electron chi connectivity index (χ1n) is 4.62. The van der Waals surface area contributed by atoms with Crippen LogP contribution in [0.3, 0.4) is 0 Å². The second-order valence-corrected chi connectivity index (χ2v) is 3.75. The predicted octanol–water partition coefficient (Wildman–Crippen LogP) is 2.97. The first kappa shape index (κ1) is 12.8. The molecule has 0 saturated carbocycles. The molecule has 1 rings (SSSR count). The van der Waals surface area contributed by atoms with Gasteiger partial charge in [-0.25, -0.2) is 0 Å². The third-order valence-electron chi connectivity index (χ3n) is 1.92. The SMILES string of the molecule is CCOC(=O)Cc1ccc(C#N)c(Cl)c1Cl. The summed E-state index contributed by atoms with van der Waals surface area (Å²) in [6, 6.07) is 5.04. The number of rotatable bonds is 3. The number of esters is 1. The average Bonchev–Trinajstić information content (AvgIpc) is 2.25. The Bertz CT molecular complexity index is 452. The smallest absolute Gasteiger partial charge is 0.310 e. The van der Waals surface area contributed by atoms with E-state index in [1.54, 1.807) is 13.0 Å². The van der Waals surface area contributed by atoms with Crippen molar-refractivity contribution in [3.63, 3.8) is 0 Å². The number of carbonyl (C=O) groups is 1. The fraction of sp³-hybridized carbons (Fsp3) is 0.273. The molecule has 0 atom stereocenters. The Balaban J connectivity index is 2.96. The van der Waals surface area contributed by atoms with Crippen LogP contribution in [0.15, 0.2) is 12.1 Å². The maximum atomic E-state index is 11.2. The Kier molecular flexibility index (Phi) is 4.60. The lowest BCUT2D eigenvalue weighted by atomic mass is 10.1. The van der Waals surface area contributed by atoms with Crippen LogP contribution < -0.4 is 0 Å². The number of nitrogens with zero attached hydrogens (tertiary/aromatic N) is 1. The van der Waals surface area contributed by atoms with Crippen molar-refractivity contribution in [3.05, 3.63) is 33.3 Å². The molecule has 1 aromatic carbocycles. The molecule has 3 nitrogen and oxygen atoms in total. The van der Waals surface area contributed by atoms with Gasteiger partial charge in [0.2, 0.25) is 0 Å². The molecule has 0 radical (unpaired) electrons. The van der Waals surface area contributed by atoms with Gasteiger partial charge in [-0.15, -0.1) is 0 Å². The molecule has 0 fully saturated rings. The van der Waals surface area contributed by atoms with Crippen molar-refractivity contribution >= 4 is 29.2 Å². The van der Waals surface area contributed by atoms with Gasteiger partial charge in [-0.3, -0.25) is 4.79 Å². The lowest BCUT2D eigenvalue weighted by Crippen LogP contribution is -2.08. The molecule has 0 bridgehead atoms. The molecule has 0 spiro atoms. The minimum atomic E-state index is -0.370. The second kappa shape index (κ2) is 5.74. The van der Waals surface area contributed by atoms with Crippen LogP contribution in [0.5, 0.6) is 0 Å². The summed E-state index contributed by atoms with van der Waals surface area (Å²) in [6.07, 6.45) is 0.0537. The Morgan fingerprint density at radius 2 is 2.12 bits per heavy atom. The highest BCUT2D eigenvalue weighted by atomic mass is 35.5. The van der Waals surface area contributed by atoms with E-state index in [1.807, 2.05) is 6.07 Å². The average molecular weight is 258 g/mol. The molecular formula is C11H9Cl2NO2. The van der Waals surface area contributed by atoms with Gasteiger partial charge in [0, 0.05) is 0 Å². The molecule has 0 N–H and O–H groups in total. The van der Waals surface area contributed by atoms with Gasteiger partial charge in [-0.05, 0) is 18.6 Å². The third kappa shape index (κ3) is 2.88. The first-order chi connectivity index (χ1) is 7.60. The molecule has 16 heavy (non-hydrogen) atoms. The summed E-state index contributed by atoms with van der Waals surface area (Å²) in [5.74, 6) is -0.370.